The van der Waals surface area contributed by atoms with Crippen molar-refractivity contribution in [1.29, 1.82) is 0 Å². The summed E-state index contributed by atoms with van der Waals surface area (Å²) in [7, 11) is -15.3. The lowest BCUT2D eigenvalue weighted by atomic mass is 10.0. The number of hydrogen-bond acceptors (Lipinski definition) is 12. The number of piperazine rings is 1. The molecule has 3 aliphatic heterocycles. The van der Waals surface area contributed by atoms with E-state index in [0.717, 1.165) is 20.7 Å². The second kappa shape index (κ2) is 11.7. The highest BCUT2D eigenvalue weighted by Gasteiger charge is 2.64. The third kappa shape index (κ3) is 6.08. The summed E-state index contributed by atoms with van der Waals surface area (Å²) < 4.78 is 123. The van der Waals surface area contributed by atoms with Gasteiger partial charge in [0.2, 0.25) is 31.9 Å². The van der Waals surface area contributed by atoms with Gasteiger partial charge in [0.25, 0.3) is 0 Å². The summed E-state index contributed by atoms with van der Waals surface area (Å²) in [5.74, 6) is -4.50. The Balaban J connectivity index is 1.72. The van der Waals surface area contributed by atoms with Crippen LogP contribution in [0, 0.1) is 0 Å². The van der Waals surface area contributed by atoms with Crippen molar-refractivity contribution in [3.63, 3.8) is 0 Å². The minimum Gasteiger partial charge on any atom is -0.495 e. The Morgan fingerprint density at radius 1 is 0.652 bits per heavy atom. The number of nitrogens with one attached hydrogen (secondary N) is 2. The van der Waals surface area contributed by atoms with Gasteiger partial charge >= 0.3 is 0 Å². The third-order valence-electron chi connectivity index (χ3n) is 7.97. The molecular weight excluding hydrogens is 689 g/mol. The van der Waals surface area contributed by atoms with E-state index in [2.05, 4.69) is 10.6 Å². The Hall–Kier alpha value is -3.30. The van der Waals surface area contributed by atoms with E-state index in [-0.39, 0.29) is 22.9 Å². The van der Waals surface area contributed by atoms with Crippen LogP contribution in [0.1, 0.15) is 13.8 Å². The summed E-state index contributed by atoms with van der Waals surface area (Å²) in [4.78, 5) is 22.5. The number of sulfonamides is 2. The van der Waals surface area contributed by atoms with Crippen molar-refractivity contribution in [3.05, 3.63) is 36.4 Å². The number of benzene rings is 2. The number of rotatable bonds is 8. The molecule has 0 aromatic heterocycles. The molecule has 3 heterocycles. The number of ether oxygens (including phenoxy) is 2. The van der Waals surface area contributed by atoms with Crippen molar-refractivity contribution in [2.24, 2.45) is 0 Å². The first-order chi connectivity index (χ1) is 21.3. The van der Waals surface area contributed by atoms with Crippen LogP contribution in [0.2, 0.25) is 0 Å². The number of carbonyl (C=O) groups excluding carboxylic acids is 2. The van der Waals surface area contributed by atoms with Crippen LogP contribution in [0.5, 0.6) is 11.5 Å². The summed E-state index contributed by atoms with van der Waals surface area (Å²) in [5, 5.41) is 4.94. The van der Waals surface area contributed by atoms with Crippen LogP contribution < -0.4 is 20.1 Å². The first kappa shape index (κ1) is 34.0. The van der Waals surface area contributed by atoms with E-state index in [9.17, 15) is 43.3 Å². The van der Waals surface area contributed by atoms with Crippen LogP contribution in [0.25, 0.3) is 0 Å². The molecule has 0 unspecified atom stereocenters. The van der Waals surface area contributed by atoms with Gasteiger partial charge < -0.3 is 20.1 Å². The predicted molar refractivity (Wildman–Crippen MR) is 165 cm³/mol. The van der Waals surface area contributed by atoms with Crippen molar-refractivity contribution in [3.8, 4) is 11.5 Å². The smallest absolute Gasteiger partial charge is 0.247 e. The van der Waals surface area contributed by atoms with Crippen LogP contribution in [-0.4, -0.2) is 115 Å². The van der Waals surface area contributed by atoms with Crippen molar-refractivity contribution < 1.29 is 52.7 Å². The number of amides is 2. The fourth-order valence-corrected chi connectivity index (χ4v) is 14.7. The highest BCUT2D eigenvalue weighted by Crippen LogP contribution is 2.45. The number of methoxy groups -OCH3 is 2. The number of fused-ring (bicyclic) bond motifs is 2. The molecule has 2 amide bonds. The van der Waals surface area contributed by atoms with Crippen LogP contribution in [0.3, 0.4) is 0 Å². The molecule has 16 nitrogen and oxygen atoms in total. The lowest BCUT2D eigenvalue weighted by molar-refractivity contribution is -0.115. The third-order valence-corrected chi connectivity index (χ3v) is 15.3. The number of anilines is 2. The van der Waals surface area contributed by atoms with Gasteiger partial charge in [-0.15, -0.1) is 0 Å². The fraction of sp³-hybridized carbons (Fsp3) is 0.462. The Bertz CT molecular complexity index is 1870. The largest absolute Gasteiger partial charge is 0.495 e. The molecule has 3 saturated heterocycles. The molecule has 0 saturated carbocycles. The number of sulfone groups is 2. The summed E-state index contributed by atoms with van der Waals surface area (Å²) in [6, 6.07) is 1.42. The van der Waals surface area contributed by atoms with Crippen LogP contribution in [0.4, 0.5) is 11.4 Å². The van der Waals surface area contributed by atoms with Crippen molar-refractivity contribution in [1.82, 2.24) is 8.61 Å². The molecule has 0 aliphatic carbocycles. The lowest BCUT2D eigenvalue weighted by Crippen LogP contribution is -2.69. The van der Waals surface area contributed by atoms with Crippen LogP contribution >= 0.6 is 0 Å². The zero-order chi connectivity index (χ0) is 34.0. The van der Waals surface area contributed by atoms with Crippen LogP contribution in [0.15, 0.2) is 46.2 Å². The zero-order valence-corrected chi connectivity index (χ0v) is 28.3. The van der Waals surface area contributed by atoms with E-state index < -0.39 is 109 Å². The van der Waals surface area contributed by atoms with Gasteiger partial charge in [0, 0.05) is 25.2 Å². The molecule has 2 N–H and O–H groups in total. The summed E-state index contributed by atoms with van der Waals surface area (Å²) >= 11 is 0. The minimum absolute atomic E-state index is 0.0745. The van der Waals surface area contributed by atoms with Gasteiger partial charge in [-0.25, -0.2) is 33.7 Å². The summed E-state index contributed by atoms with van der Waals surface area (Å²) in [5.41, 5.74) is 0.149. The zero-order valence-electron chi connectivity index (χ0n) is 25.0. The molecule has 46 heavy (non-hydrogen) atoms. The molecule has 0 spiro atoms. The average Bonchev–Trinajstić information content (AvgIpc) is 3.42. The Morgan fingerprint density at radius 2 is 0.957 bits per heavy atom. The molecule has 252 valence electrons. The second-order valence-electron chi connectivity index (χ2n) is 11.2. The standard InChI is InChI=1S/C26H32N4O12S4/c1-15(31)27-17-5-7-23(41-3)25(9-17)45(37,38)29-19-11-43(33,34)13-21(19)30(22-14-44(35,36)12-20(22)29)46(39,40)26-10-18(28-16(2)32)6-8-24(26)42-4/h5-10,19-22H,11-14H2,1-4H3,(H,27,31)(H,28,32)/t19-,20-,21-,22+/m1/s1. The summed E-state index contributed by atoms with van der Waals surface area (Å²) in [6.45, 7) is 2.42. The first-order valence-corrected chi connectivity index (χ1v) is 20.2. The van der Waals surface area contributed by atoms with Gasteiger partial charge in [0.15, 0.2) is 19.7 Å². The molecule has 2 aromatic rings. The van der Waals surface area contributed by atoms with Crippen molar-refractivity contribution in [2.75, 3.05) is 47.9 Å². The molecule has 20 heteroatoms. The minimum atomic E-state index is -4.80. The topological polar surface area (TPSA) is 220 Å². The molecule has 0 bridgehead atoms. The summed E-state index contributed by atoms with van der Waals surface area (Å²) in [6.07, 6.45) is 0. The van der Waals surface area contributed by atoms with Gasteiger partial charge in [-0.3, -0.25) is 9.59 Å². The van der Waals surface area contributed by atoms with E-state index in [1.807, 2.05) is 0 Å². The van der Waals surface area contributed by atoms with E-state index in [0.29, 0.717) is 0 Å². The number of carbonyl (C=O) groups is 2. The van der Waals surface area contributed by atoms with E-state index in [4.69, 9.17) is 9.47 Å². The molecule has 2 aromatic carbocycles. The molecule has 4 atom stereocenters. The maximum Gasteiger partial charge on any atom is 0.247 e. The Morgan fingerprint density at radius 3 is 1.22 bits per heavy atom. The van der Waals surface area contributed by atoms with E-state index >= 15 is 0 Å². The van der Waals surface area contributed by atoms with Gasteiger partial charge in [0.1, 0.15) is 21.3 Å². The fourth-order valence-electron chi connectivity index (χ4n) is 6.34. The molecule has 3 aliphatic rings. The van der Waals surface area contributed by atoms with Crippen molar-refractivity contribution in [2.45, 2.75) is 47.8 Å². The molecule has 3 fully saturated rings. The van der Waals surface area contributed by atoms with Gasteiger partial charge in [0.05, 0.1) is 61.4 Å². The molecule has 5 rings (SSSR count). The molecular formula is C26H32N4O12S4. The van der Waals surface area contributed by atoms with E-state index in [1.54, 1.807) is 0 Å². The second-order valence-corrected chi connectivity index (χ2v) is 19.1. The highest BCUT2D eigenvalue weighted by molar-refractivity contribution is 7.93. The highest BCUT2D eigenvalue weighted by atomic mass is 32.2. The monoisotopic (exact) mass is 720 g/mol. The predicted octanol–water partition coefficient (Wildman–Crippen LogP) is -0.353. The normalized spacial score (nSPS) is 25.7. The quantitative estimate of drug-likeness (QED) is 0.358. The maximum atomic E-state index is 14.5. The average molecular weight is 721 g/mol. The Labute approximate surface area is 267 Å². The Kier molecular flexibility index (Phi) is 8.69. The van der Waals surface area contributed by atoms with Gasteiger partial charge in [-0.2, -0.15) is 8.61 Å². The van der Waals surface area contributed by atoms with Crippen molar-refractivity contribution >= 4 is 62.9 Å². The SMILES string of the molecule is COc1ccc(NC(C)=O)cc1S(=O)(=O)N1[C@@H]2CS(=O)(=O)C[C@H]2N(S(=O)(=O)c2cc(NC(C)=O)ccc2OC)[C@H]2CS(=O)(=O)C[C@H]21. The lowest BCUT2D eigenvalue weighted by Gasteiger charge is -2.49. The van der Waals surface area contributed by atoms with E-state index in [1.165, 1.54) is 52.3 Å². The number of hydrogen-bond donors (Lipinski definition) is 2. The van der Waals surface area contributed by atoms with Gasteiger partial charge in [-0.1, -0.05) is 0 Å². The molecule has 0 radical (unpaired) electrons. The van der Waals surface area contributed by atoms with Crippen LogP contribution in [-0.2, 0) is 49.3 Å². The number of nitrogens with zero attached hydrogens (tertiary/aromatic N) is 2. The maximum absolute atomic E-state index is 14.5. The van der Waals surface area contributed by atoms with Gasteiger partial charge in [-0.05, 0) is 36.4 Å². The first-order valence-electron chi connectivity index (χ1n) is 13.7.